The first kappa shape index (κ1) is 13.7. The molecule has 0 fully saturated rings. The molecule has 1 rings (SSSR count). The zero-order valence-corrected chi connectivity index (χ0v) is 13.1. The Balaban J connectivity index is 2.61. The van der Waals surface area contributed by atoms with Crippen molar-refractivity contribution in [2.75, 3.05) is 7.05 Å². The first-order valence-electron chi connectivity index (χ1n) is 5.31. The van der Waals surface area contributed by atoms with Gasteiger partial charge in [-0.3, -0.25) is 0 Å². The van der Waals surface area contributed by atoms with Gasteiger partial charge >= 0.3 is 0 Å². The standard InChI is InChI=1S/C11H17Br2NS/c1-3-4-5-6-9(14-2)8-7-10(12)15-11(8)13/h7,9,14H,3-6H2,1-2H3. The minimum atomic E-state index is 0.480. The van der Waals surface area contributed by atoms with Crippen LogP contribution >= 0.6 is 43.2 Å². The van der Waals surface area contributed by atoms with Crippen LogP contribution in [0, 0.1) is 0 Å². The van der Waals surface area contributed by atoms with E-state index in [9.17, 15) is 0 Å². The van der Waals surface area contributed by atoms with Crippen LogP contribution in [-0.2, 0) is 0 Å². The number of halogens is 2. The average molecular weight is 355 g/mol. The molecule has 86 valence electrons. The van der Waals surface area contributed by atoms with Gasteiger partial charge in [0, 0.05) is 6.04 Å². The normalized spacial score (nSPS) is 13.1. The summed E-state index contributed by atoms with van der Waals surface area (Å²) in [5.74, 6) is 0. The zero-order valence-electron chi connectivity index (χ0n) is 9.15. The van der Waals surface area contributed by atoms with Crippen molar-refractivity contribution in [3.05, 3.63) is 19.2 Å². The third kappa shape index (κ3) is 4.17. The van der Waals surface area contributed by atoms with E-state index in [-0.39, 0.29) is 0 Å². The molecular formula is C11H17Br2NS. The highest BCUT2D eigenvalue weighted by atomic mass is 79.9. The van der Waals surface area contributed by atoms with Crippen LogP contribution in [0.2, 0.25) is 0 Å². The van der Waals surface area contributed by atoms with E-state index >= 15 is 0 Å². The van der Waals surface area contributed by atoms with Crippen LogP contribution in [0.4, 0.5) is 0 Å². The third-order valence-electron chi connectivity index (χ3n) is 2.50. The van der Waals surface area contributed by atoms with Gasteiger partial charge in [0.25, 0.3) is 0 Å². The Labute approximate surface area is 113 Å². The monoisotopic (exact) mass is 353 g/mol. The lowest BCUT2D eigenvalue weighted by atomic mass is 10.0. The molecule has 0 saturated heterocycles. The number of hydrogen-bond acceptors (Lipinski definition) is 2. The van der Waals surface area contributed by atoms with E-state index in [0.717, 1.165) is 0 Å². The summed E-state index contributed by atoms with van der Waals surface area (Å²) < 4.78 is 2.44. The van der Waals surface area contributed by atoms with Crippen LogP contribution in [0.1, 0.15) is 44.2 Å². The molecule has 0 aliphatic carbocycles. The van der Waals surface area contributed by atoms with Gasteiger partial charge in [0.15, 0.2) is 0 Å². The van der Waals surface area contributed by atoms with E-state index in [0.29, 0.717) is 6.04 Å². The van der Waals surface area contributed by atoms with Gasteiger partial charge in [0.1, 0.15) is 0 Å². The van der Waals surface area contributed by atoms with Gasteiger partial charge in [-0.05, 0) is 57.0 Å². The lowest BCUT2D eigenvalue weighted by Gasteiger charge is -2.15. The van der Waals surface area contributed by atoms with E-state index in [1.807, 2.05) is 7.05 Å². The number of rotatable bonds is 6. The highest BCUT2D eigenvalue weighted by Gasteiger charge is 2.14. The number of unbranched alkanes of at least 4 members (excludes halogenated alkanes) is 2. The zero-order chi connectivity index (χ0) is 11.3. The van der Waals surface area contributed by atoms with E-state index in [4.69, 9.17) is 0 Å². The molecule has 1 atom stereocenters. The minimum absolute atomic E-state index is 0.480. The first-order valence-corrected chi connectivity index (χ1v) is 7.71. The van der Waals surface area contributed by atoms with Gasteiger partial charge in [-0.1, -0.05) is 26.2 Å². The smallest absolute Gasteiger partial charge is 0.0758 e. The molecule has 1 N–H and O–H groups in total. The maximum Gasteiger partial charge on any atom is 0.0758 e. The lowest BCUT2D eigenvalue weighted by Crippen LogP contribution is -2.15. The number of thiophene rings is 1. The second kappa shape index (κ2) is 7.05. The Bertz CT molecular complexity index is 299. The Morgan fingerprint density at radius 2 is 2.13 bits per heavy atom. The van der Waals surface area contributed by atoms with Crippen molar-refractivity contribution in [3.63, 3.8) is 0 Å². The molecule has 0 amide bonds. The van der Waals surface area contributed by atoms with Gasteiger partial charge in [-0.25, -0.2) is 0 Å². The third-order valence-corrected chi connectivity index (χ3v) is 4.89. The number of nitrogens with one attached hydrogen (secondary N) is 1. The van der Waals surface area contributed by atoms with Crippen molar-refractivity contribution in [2.45, 2.75) is 38.6 Å². The molecule has 0 saturated carbocycles. The van der Waals surface area contributed by atoms with Crippen molar-refractivity contribution in [1.82, 2.24) is 5.32 Å². The van der Waals surface area contributed by atoms with Crippen LogP contribution in [0.25, 0.3) is 0 Å². The molecule has 0 aromatic carbocycles. The SMILES string of the molecule is CCCCCC(NC)c1cc(Br)sc1Br. The second-order valence-corrected chi connectivity index (χ2v) is 7.37. The molecule has 0 bridgehead atoms. The summed E-state index contributed by atoms with van der Waals surface area (Å²) in [6, 6.07) is 2.69. The fourth-order valence-corrected chi connectivity index (χ4v) is 4.62. The van der Waals surface area contributed by atoms with Crippen molar-refractivity contribution >= 4 is 43.2 Å². The van der Waals surface area contributed by atoms with Crippen LogP contribution in [-0.4, -0.2) is 7.05 Å². The predicted octanol–water partition coefficient (Wildman–Crippen LogP) is 5.11. The molecule has 1 unspecified atom stereocenters. The van der Waals surface area contributed by atoms with Gasteiger partial charge in [-0.15, -0.1) is 11.3 Å². The predicted molar refractivity (Wildman–Crippen MR) is 75.7 cm³/mol. The molecule has 0 spiro atoms. The van der Waals surface area contributed by atoms with E-state index in [1.165, 1.54) is 38.8 Å². The topological polar surface area (TPSA) is 12.0 Å². The molecule has 0 aliphatic heterocycles. The molecule has 0 radical (unpaired) electrons. The Hall–Kier alpha value is 0.620. The van der Waals surface area contributed by atoms with Gasteiger partial charge in [0.05, 0.1) is 7.57 Å². The Kier molecular flexibility index (Phi) is 6.43. The molecule has 0 aliphatic rings. The fraction of sp³-hybridized carbons (Fsp3) is 0.636. The molecular weight excluding hydrogens is 338 g/mol. The Morgan fingerprint density at radius 3 is 2.60 bits per heavy atom. The van der Waals surface area contributed by atoms with Crippen LogP contribution in [0.15, 0.2) is 13.6 Å². The van der Waals surface area contributed by atoms with Crippen molar-refractivity contribution in [2.24, 2.45) is 0 Å². The molecule has 1 heterocycles. The van der Waals surface area contributed by atoms with Crippen molar-refractivity contribution in [3.8, 4) is 0 Å². The van der Waals surface area contributed by atoms with Crippen molar-refractivity contribution < 1.29 is 0 Å². The Morgan fingerprint density at radius 1 is 1.40 bits per heavy atom. The lowest BCUT2D eigenvalue weighted by molar-refractivity contribution is 0.512. The van der Waals surface area contributed by atoms with E-state index in [2.05, 4.69) is 50.2 Å². The summed E-state index contributed by atoms with van der Waals surface area (Å²) in [7, 11) is 2.04. The summed E-state index contributed by atoms with van der Waals surface area (Å²) >= 11 is 8.88. The summed E-state index contributed by atoms with van der Waals surface area (Å²) in [4.78, 5) is 0. The van der Waals surface area contributed by atoms with E-state index in [1.54, 1.807) is 11.3 Å². The van der Waals surface area contributed by atoms with Gasteiger partial charge in [0.2, 0.25) is 0 Å². The average Bonchev–Trinajstić information content (AvgIpc) is 2.53. The minimum Gasteiger partial charge on any atom is -0.313 e. The number of hydrogen-bond donors (Lipinski definition) is 1. The quantitative estimate of drug-likeness (QED) is 0.699. The first-order chi connectivity index (χ1) is 7.19. The second-order valence-electron chi connectivity index (χ2n) is 3.62. The van der Waals surface area contributed by atoms with Crippen molar-refractivity contribution in [1.29, 1.82) is 0 Å². The molecule has 1 aromatic heterocycles. The van der Waals surface area contributed by atoms with Gasteiger partial charge < -0.3 is 5.32 Å². The summed E-state index contributed by atoms with van der Waals surface area (Å²) in [5, 5.41) is 3.39. The van der Waals surface area contributed by atoms with Crippen LogP contribution < -0.4 is 5.32 Å². The van der Waals surface area contributed by atoms with Gasteiger partial charge in [-0.2, -0.15) is 0 Å². The summed E-state index contributed by atoms with van der Waals surface area (Å²) in [6.45, 7) is 2.24. The molecule has 1 nitrogen and oxygen atoms in total. The molecule has 15 heavy (non-hydrogen) atoms. The summed E-state index contributed by atoms with van der Waals surface area (Å²) in [6.07, 6.45) is 5.11. The highest BCUT2D eigenvalue weighted by Crippen LogP contribution is 2.36. The maximum absolute atomic E-state index is 3.62. The molecule has 1 aromatic rings. The molecule has 4 heteroatoms. The summed E-state index contributed by atoms with van der Waals surface area (Å²) in [5.41, 5.74) is 1.38. The highest BCUT2D eigenvalue weighted by molar-refractivity contribution is 9.12. The van der Waals surface area contributed by atoms with E-state index < -0.39 is 0 Å². The van der Waals surface area contributed by atoms with Crippen LogP contribution in [0.3, 0.4) is 0 Å². The fourth-order valence-electron chi connectivity index (χ4n) is 1.64. The van der Waals surface area contributed by atoms with Crippen LogP contribution in [0.5, 0.6) is 0 Å². The largest absolute Gasteiger partial charge is 0.313 e. The maximum atomic E-state index is 3.62.